The molecule has 5 rings (SSSR count). The number of hydrogen-bond acceptors (Lipinski definition) is 5. The van der Waals surface area contributed by atoms with Crippen molar-refractivity contribution in [3.8, 4) is 5.75 Å². The summed E-state index contributed by atoms with van der Waals surface area (Å²) < 4.78 is 145. The molecule has 7 nitrogen and oxygen atoms in total. The monoisotopic (exact) mass is 718 g/mol. The molecular formula is C33H30F8N2O5S. The van der Waals surface area contributed by atoms with E-state index in [0.717, 1.165) is 36.4 Å². The van der Waals surface area contributed by atoms with Crippen molar-refractivity contribution < 1.29 is 57.9 Å². The lowest BCUT2D eigenvalue weighted by Gasteiger charge is -2.38. The Labute approximate surface area is 276 Å². The van der Waals surface area contributed by atoms with Crippen LogP contribution in [0.4, 0.5) is 35.1 Å². The van der Waals surface area contributed by atoms with Crippen molar-refractivity contribution in [2.24, 2.45) is 5.92 Å². The van der Waals surface area contributed by atoms with Gasteiger partial charge in [0, 0.05) is 44.6 Å². The van der Waals surface area contributed by atoms with Gasteiger partial charge in [-0.1, -0.05) is 24.3 Å². The molecule has 1 atom stereocenters. The van der Waals surface area contributed by atoms with E-state index >= 15 is 0 Å². The Balaban J connectivity index is 1.57. The van der Waals surface area contributed by atoms with Crippen molar-refractivity contribution in [3.63, 3.8) is 0 Å². The van der Waals surface area contributed by atoms with Gasteiger partial charge in [-0.3, -0.25) is 9.59 Å². The third kappa shape index (κ3) is 6.46. The number of amides is 2. The second-order valence-electron chi connectivity index (χ2n) is 12.1. The molecule has 0 radical (unpaired) electrons. The van der Waals surface area contributed by atoms with E-state index in [2.05, 4.69) is 4.74 Å². The maximum atomic E-state index is 14.5. The Morgan fingerprint density at radius 2 is 1.27 bits per heavy atom. The molecule has 0 spiro atoms. The maximum absolute atomic E-state index is 14.5. The number of carbonyl (C=O) groups is 2. The van der Waals surface area contributed by atoms with Crippen LogP contribution >= 0.6 is 0 Å². The van der Waals surface area contributed by atoms with E-state index in [-0.39, 0.29) is 29.3 Å². The Morgan fingerprint density at radius 3 is 1.76 bits per heavy atom. The van der Waals surface area contributed by atoms with Gasteiger partial charge in [0.2, 0.25) is 11.8 Å². The molecule has 3 aromatic rings. The number of alkyl halides is 6. The third-order valence-electron chi connectivity index (χ3n) is 9.17. The molecule has 3 aromatic carbocycles. The van der Waals surface area contributed by atoms with Crippen molar-refractivity contribution >= 4 is 21.7 Å². The number of rotatable bonds is 7. The zero-order chi connectivity index (χ0) is 36.0. The molecule has 0 aromatic heterocycles. The number of carbonyl (C=O) groups excluding carboxylic acids is 2. The largest absolute Gasteiger partial charge is 0.464 e. The molecule has 0 N–H and O–H groups in total. The number of halogens is 8. The van der Waals surface area contributed by atoms with Gasteiger partial charge in [-0.25, -0.2) is 17.2 Å². The van der Waals surface area contributed by atoms with Crippen LogP contribution in [0.15, 0.2) is 77.7 Å². The van der Waals surface area contributed by atoms with Crippen molar-refractivity contribution in [1.82, 2.24) is 9.80 Å². The molecule has 0 bridgehead atoms. The minimum atomic E-state index is -6.10. The molecule has 0 aliphatic carbocycles. The SMILES string of the molecule is CC(=O)N1CCC(C(=O)N2CCC(c3ccc(C(Oc4ccc(F)cc4)(C(F)(F)F)C(F)(F)F)cc3)(S(=O)(=O)c3ccc(F)cc3)C2)CC1. The average Bonchev–Trinajstić information content (AvgIpc) is 3.51. The summed E-state index contributed by atoms with van der Waals surface area (Å²) in [7, 11) is -4.57. The number of piperidine rings is 1. The fraction of sp³-hybridized carbons (Fsp3) is 0.394. The molecule has 1 unspecified atom stereocenters. The van der Waals surface area contributed by atoms with Crippen LogP contribution in [0, 0.1) is 17.6 Å². The van der Waals surface area contributed by atoms with Gasteiger partial charge in [-0.2, -0.15) is 26.3 Å². The second kappa shape index (κ2) is 12.9. The van der Waals surface area contributed by atoms with E-state index in [1.807, 2.05) is 0 Å². The highest BCUT2D eigenvalue weighted by Gasteiger charge is 2.75. The first-order chi connectivity index (χ1) is 22.8. The standard InChI is InChI=1S/C33H30F8N2O5S/c1-21(44)42-17-14-22(15-18-42)29(45)43-19-16-30(20-43,49(46,47)28-12-8-26(35)9-13-28)23-2-4-24(5-3-23)31(32(36,37)38,33(39,40)41)48-27-10-6-25(34)7-11-27/h2-13,22H,14-20H2,1H3. The summed E-state index contributed by atoms with van der Waals surface area (Å²) in [6.45, 7) is 1.40. The molecule has 264 valence electrons. The molecule has 0 saturated carbocycles. The Morgan fingerprint density at radius 1 is 0.755 bits per heavy atom. The Bertz CT molecular complexity index is 1770. The first kappa shape index (κ1) is 36.1. The molecule has 2 fully saturated rings. The van der Waals surface area contributed by atoms with Crippen LogP contribution in [0.3, 0.4) is 0 Å². The van der Waals surface area contributed by atoms with Crippen LogP contribution in [0.25, 0.3) is 0 Å². The predicted octanol–water partition coefficient (Wildman–Crippen LogP) is 6.52. The van der Waals surface area contributed by atoms with E-state index < -0.39 is 73.9 Å². The summed E-state index contributed by atoms with van der Waals surface area (Å²) in [5.41, 5.74) is -6.58. The van der Waals surface area contributed by atoms with Crippen LogP contribution < -0.4 is 4.74 Å². The van der Waals surface area contributed by atoms with Crippen LogP contribution in [0.5, 0.6) is 5.75 Å². The molecule has 2 saturated heterocycles. The van der Waals surface area contributed by atoms with Crippen LogP contribution in [-0.2, 0) is 29.8 Å². The van der Waals surface area contributed by atoms with Crippen molar-refractivity contribution in [2.75, 3.05) is 26.2 Å². The lowest BCUT2D eigenvalue weighted by atomic mass is 9.88. The molecule has 16 heteroatoms. The first-order valence-corrected chi connectivity index (χ1v) is 16.5. The zero-order valence-corrected chi connectivity index (χ0v) is 26.6. The van der Waals surface area contributed by atoms with Gasteiger partial charge in [-0.05, 0) is 73.4 Å². The molecule has 49 heavy (non-hydrogen) atoms. The predicted molar refractivity (Wildman–Crippen MR) is 159 cm³/mol. The number of sulfone groups is 1. The summed E-state index contributed by atoms with van der Waals surface area (Å²) in [6, 6.07) is 8.76. The van der Waals surface area contributed by atoms with E-state index in [1.54, 1.807) is 4.90 Å². The van der Waals surface area contributed by atoms with Gasteiger partial charge in [0.25, 0.3) is 0 Å². The molecule has 2 aliphatic rings. The normalized spacial score (nSPS) is 19.6. The minimum absolute atomic E-state index is 0.114. The lowest BCUT2D eigenvalue weighted by molar-refractivity contribution is -0.365. The highest BCUT2D eigenvalue weighted by molar-refractivity contribution is 7.92. The van der Waals surface area contributed by atoms with Crippen LogP contribution in [-0.4, -0.2) is 68.6 Å². The third-order valence-corrected chi connectivity index (χ3v) is 11.7. The zero-order valence-electron chi connectivity index (χ0n) is 25.8. The quantitative estimate of drug-likeness (QED) is 0.205. The Hall–Kier alpha value is -4.21. The second-order valence-corrected chi connectivity index (χ2v) is 14.3. The minimum Gasteiger partial charge on any atom is -0.464 e. The summed E-state index contributed by atoms with van der Waals surface area (Å²) >= 11 is 0. The number of benzene rings is 3. The number of ether oxygens (including phenoxy) is 1. The van der Waals surface area contributed by atoms with Gasteiger partial charge < -0.3 is 14.5 Å². The fourth-order valence-corrected chi connectivity index (χ4v) is 8.55. The summed E-state index contributed by atoms with van der Waals surface area (Å²) in [6.07, 6.45) is -11.9. The summed E-state index contributed by atoms with van der Waals surface area (Å²) in [5, 5.41) is 0. The van der Waals surface area contributed by atoms with Crippen LogP contribution in [0.1, 0.15) is 37.3 Å². The van der Waals surface area contributed by atoms with Crippen molar-refractivity contribution in [2.45, 2.75) is 53.8 Å². The highest BCUT2D eigenvalue weighted by Crippen LogP contribution is 2.54. The molecule has 2 heterocycles. The number of hydrogen-bond donors (Lipinski definition) is 0. The van der Waals surface area contributed by atoms with E-state index in [0.29, 0.717) is 62.3 Å². The number of likely N-dealkylation sites (tertiary alicyclic amines) is 2. The van der Waals surface area contributed by atoms with E-state index in [4.69, 9.17) is 0 Å². The van der Waals surface area contributed by atoms with Gasteiger partial charge in [-0.15, -0.1) is 0 Å². The number of nitrogens with zero attached hydrogens (tertiary/aromatic N) is 2. The van der Waals surface area contributed by atoms with Crippen molar-refractivity contribution in [1.29, 1.82) is 0 Å². The Kier molecular flexibility index (Phi) is 9.51. The van der Waals surface area contributed by atoms with Crippen molar-refractivity contribution in [3.05, 3.63) is 95.6 Å². The van der Waals surface area contributed by atoms with E-state index in [1.165, 1.54) is 11.8 Å². The topological polar surface area (TPSA) is 84.0 Å². The summed E-state index contributed by atoms with van der Waals surface area (Å²) in [4.78, 5) is 27.8. The smallest absolute Gasteiger partial charge is 0.442 e. The average molecular weight is 719 g/mol. The highest BCUT2D eigenvalue weighted by atomic mass is 32.2. The molecular weight excluding hydrogens is 688 g/mol. The molecule has 2 amide bonds. The first-order valence-electron chi connectivity index (χ1n) is 15.1. The lowest BCUT2D eigenvalue weighted by Crippen LogP contribution is -2.58. The van der Waals surface area contributed by atoms with Gasteiger partial charge in [0.1, 0.15) is 22.1 Å². The maximum Gasteiger partial charge on any atom is 0.442 e. The van der Waals surface area contributed by atoms with Gasteiger partial charge in [0.05, 0.1) is 4.90 Å². The van der Waals surface area contributed by atoms with E-state index in [9.17, 15) is 53.1 Å². The van der Waals surface area contributed by atoms with Gasteiger partial charge in [0.15, 0.2) is 9.84 Å². The molecule has 2 aliphatic heterocycles. The summed E-state index contributed by atoms with van der Waals surface area (Å²) in [5.74, 6) is -3.74. The fourth-order valence-electron chi connectivity index (χ4n) is 6.47. The van der Waals surface area contributed by atoms with Gasteiger partial charge >= 0.3 is 18.0 Å². The van der Waals surface area contributed by atoms with Crippen LogP contribution in [0.2, 0.25) is 0 Å².